The molecule has 5 nitrogen and oxygen atoms in total. The van der Waals surface area contributed by atoms with E-state index >= 15 is 0 Å². The Morgan fingerprint density at radius 2 is 2.12 bits per heavy atom. The lowest BCUT2D eigenvalue weighted by Crippen LogP contribution is -2.34. The fourth-order valence-corrected chi connectivity index (χ4v) is 1.29. The largest absolute Gasteiger partial charge is 0.327 e. The van der Waals surface area contributed by atoms with Crippen LogP contribution < -0.4 is 11.1 Å². The predicted molar refractivity (Wildman–Crippen MR) is 63.2 cm³/mol. The highest BCUT2D eigenvalue weighted by molar-refractivity contribution is 6.29. The van der Waals surface area contributed by atoms with Crippen LogP contribution in [-0.4, -0.2) is 21.9 Å². The van der Waals surface area contributed by atoms with Crippen molar-refractivity contribution in [1.82, 2.24) is 9.97 Å². The minimum atomic E-state index is -0.303. The highest BCUT2D eigenvalue weighted by Gasteiger charge is 2.18. The average Bonchev–Trinajstić information content (AvgIpc) is 2.14. The van der Waals surface area contributed by atoms with Gasteiger partial charge in [0, 0.05) is 11.7 Å². The third-order valence-electron chi connectivity index (χ3n) is 2.26. The van der Waals surface area contributed by atoms with E-state index in [1.807, 2.05) is 0 Å². The lowest BCUT2D eigenvalue weighted by molar-refractivity contribution is -0.119. The normalized spacial score (nSPS) is 14.3. The van der Waals surface area contributed by atoms with Crippen molar-refractivity contribution in [3.63, 3.8) is 0 Å². The molecule has 0 saturated carbocycles. The first-order valence-electron chi connectivity index (χ1n) is 4.97. The smallest absolute Gasteiger partial charge is 0.231 e. The number of aromatic nitrogens is 2. The zero-order valence-corrected chi connectivity index (χ0v) is 10.2. The molecule has 0 aliphatic heterocycles. The molecule has 1 aromatic rings. The number of carbonyl (C=O) groups excluding carboxylic acids is 1. The number of nitrogens with one attached hydrogen (secondary N) is 1. The van der Waals surface area contributed by atoms with Crippen molar-refractivity contribution in [1.29, 1.82) is 0 Å². The van der Waals surface area contributed by atoms with Crippen LogP contribution in [0.4, 0.5) is 5.95 Å². The van der Waals surface area contributed by atoms with Crippen molar-refractivity contribution in [3.05, 3.63) is 16.9 Å². The van der Waals surface area contributed by atoms with E-state index in [2.05, 4.69) is 15.3 Å². The molecule has 1 heterocycles. The number of nitrogens with zero attached hydrogens (tertiary/aromatic N) is 2. The van der Waals surface area contributed by atoms with Gasteiger partial charge in [0.1, 0.15) is 5.15 Å². The van der Waals surface area contributed by atoms with E-state index in [1.165, 1.54) is 0 Å². The summed E-state index contributed by atoms with van der Waals surface area (Å²) in [4.78, 5) is 19.6. The monoisotopic (exact) mass is 242 g/mol. The molecular weight excluding hydrogens is 228 g/mol. The quantitative estimate of drug-likeness (QED) is 0.785. The molecule has 6 heteroatoms. The Bertz CT molecular complexity index is 374. The second-order valence-corrected chi connectivity index (χ2v) is 4.18. The molecule has 0 aliphatic carbocycles. The third kappa shape index (κ3) is 3.43. The molecular formula is C10H15ClN4O. The van der Waals surface area contributed by atoms with Crippen molar-refractivity contribution in [3.8, 4) is 0 Å². The van der Waals surface area contributed by atoms with Gasteiger partial charge in [0.25, 0.3) is 0 Å². The summed E-state index contributed by atoms with van der Waals surface area (Å²) in [7, 11) is 0. The molecule has 1 rings (SSSR count). The van der Waals surface area contributed by atoms with Crippen molar-refractivity contribution in [2.45, 2.75) is 26.8 Å². The Labute approximate surface area is 99.4 Å². The summed E-state index contributed by atoms with van der Waals surface area (Å²) < 4.78 is 0. The zero-order valence-electron chi connectivity index (χ0n) is 9.49. The summed E-state index contributed by atoms with van der Waals surface area (Å²) >= 11 is 5.75. The maximum absolute atomic E-state index is 11.7. The van der Waals surface area contributed by atoms with Crippen LogP contribution in [0.2, 0.25) is 5.15 Å². The Morgan fingerprint density at radius 3 is 2.62 bits per heavy atom. The number of nitrogens with two attached hydrogens (primary N) is 1. The van der Waals surface area contributed by atoms with E-state index in [9.17, 15) is 4.79 Å². The van der Waals surface area contributed by atoms with Gasteiger partial charge in [0.15, 0.2) is 0 Å². The maximum Gasteiger partial charge on any atom is 0.231 e. The van der Waals surface area contributed by atoms with Gasteiger partial charge >= 0.3 is 0 Å². The van der Waals surface area contributed by atoms with E-state index < -0.39 is 0 Å². The minimum Gasteiger partial charge on any atom is -0.327 e. The highest BCUT2D eigenvalue weighted by atomic mass is 35.5. The van der Waals surface area contributed by atoms with Gasteiger partial charge < -0.3 is 5.73 Å². The second kappa shape index (κ2) is 5.23. The molecule has 1 amide bonds. The molecule has 0 spiro atoms. The Balaban J connectivity index is 2.77. The Kier molecular flexibility index (Phi) is 4.20. The first-order valence-corrected chi connectivity index (χ1v) is 5.35. The number of amides is 1. The summed E-state index contributed by atoms with van der Waals surface area (Å²) in [5.74, 6) is -0.304. The van der Waals surface area contributed by atoms with Crippen molar-refractivity contribution < 1.29 is 4.79 Å². The molecule has 0 aromatic carbocycles. The number of rotatable bonds is 3. The van der Waals surface area contributed by atoms with E-state index in [-0.39, 0.29) is 23.8 Å². The number of hydrogen-bond donors (Lipinski definition) is 2. The second-order valence-electron chi connectivity index (χ2n) is 3.79. The lowest BCUT2D eigenvalue weighted by Gasteiger charge is -2.14. The van der Waals surface area contributed by atoms with Crippen molar-refractivity contribution in [2.75, 3.05) is 5.32 Å². The molecule has 1 aromatic heterocycles. The van der Waals surface area contributed by atoms with E-state index in [1.54, 1.807) is 26.8 Å². The summed E-state index contributed by atoms with van der Waals surface area (Å²) in [5, 5.41) is 2.88. The Hall–Kier alpha value is -1.20. The summed E-state index contributed by atoms with van der Waals surface area (Å²) in [6.45, 7) is 5.30. The number of hydrogen-bond acceptors (Lipinski definition) is 4. The maximum atomic E-state index is 11.7. The number of halogens is 1. The van der Waals surface area contributed by atoms with Gasteiger partial charge in [-0.3, -0.25) is 10.1 Å². The van der Waals surface area contributed by atoms with Gasteiger partial charge in [-0.15, -0.1) is 0 Å². The van der Waals surface area contributed by atoms with Crippen LogP contribution >= 0.6 is 11.6 Å². The van der Waals surface area contributed by atoms with Crippen LogP contribution in [0.15, 0.2) is 6.07 Å². The average molecular weight is 243 g/mol. The molecule has 0 bridgehead atoms. The molecule has 0 saturated heterocycles. The fraction of sp³-hybridized carbons (Fsp3) is 0.500. The third-order valence-corrected chi connectivity index (χ3v) is 2.45. The van der Waals surface area contributed by atoms with Crippen LogP contribution in [0, 0.1) is 12.8 Å². The van der Waals surface area contributed by atoms with Crippen LogP contribution in [0.3, 0.4) is 0 Å². The SMILES string of the molecule is Cc1cc(Cl)nc(NC(=O)C(C)C(C)N)n1. The molecule has 2 unspecified atom stereocenters. The van der Waals surface area contributed by atoms with Gasteiger partial charge in [0.2, 0.25) is 11.9 Å². The molecule has 88 valence electrons. The van der Waals surface area contributed by atoms with E-state index in [0.717, 1.165) is 0 Å². The first kappa shape index (κ1) is 12.9. The van der Waals surface area contributed by atoms with Crippen LogP contribution in [0.5, 0.6) is 0 Å². The lowest BCUT2D eigenvalue weighted by atomic mass is 10.0. The highest BCUT2D eigenvalue weighted by Crippen LogP contribution is 2.11. The minimum absolute atomic E-state index is 0.211. The number of anilines is 1. The van der Waals surface area contributed by atoms with Gasteiger partial charge in [0.05, 0.1) is 5.92 Å². The van der Waals surface area contributed by atoms with E-state index in [4.69, 9.17) is 17.3 Å². The molecule has 0 fully saturated rings. The zero-order chi connectivity index (χ0) is 12.3. The fourth-order valence-electron chi connectivity index (χ4n) is 1.05. The number of aryl methyl sites for hydroxylation is 1. The topological polar surface area (TPSA) is 80.9 Å². The van der Waals surface area contributed by atoms with Crippen molar-refractivity contribution in [2.24, 2.45) is 11.7 Å². The van der Waals surface area contributed by atoms with E-state index in [0.29, 0.717) is 10.8 Å². The van der Waals surface area contributed by atoms with Gasteiger partial charge in [-0.2, -0.15) is 0 Å². The standard InChI is InChI=1S/C10H15ClN4O/c1-5-4-8(11)14-10(13-5)15-9(16)6(2)7(3)12/h4,6-7H,12H2,1-3H3,(H,13,14,15,16). The first-order chi connectivity index (χ1) is 7.40. The molecule has 16 heavy (non-hydrogen) atoms. The molecule has 0 aliphatic rings. The molecule has 3 N–H and O–H groups in total. The molecule has 0 radical (unpaired) electrons. The van der Waals surface area contributed by atoms with Gasteiger partial charge in [-0.25, -0.2) is 9.97 Å². The van der Waals surface area contributed by atoms with Gasteiger partial charge in [-0.1, -0.05) is 18.5 Å². The number of carbonyl (C=O) groups is 1. The summed E-state index contributed by atoms with van der Waals surface area (Å²) in [6.07, 6.45) is 0. The Morgan fingerprint density at radius 1 is 1.50 bits per heavy atom. The van der Waals surface area contributed by atoms with Crippen LogP contribution in [0.25, 0.3) is 0 Å². The van der Waals surface area contributed by atoms with Gasteiger partial charge in [-0.05, 0) is 19.9 Å². The summed E-state index contributed by atoms with van der Waals surface area (Å²) in [6, 6.07) is 1.40. The summed E-state index contributed by atoms with van der Waals surface area (Å²) in [5.41, 5.74) is 6.32. The molecule has 2 atom stereocenters. The van der Waals surface area contributed by atoms with Crippen LogP contribution in [-0.2, 0) is 4.79 Å². The van der Waals surface area contributed by atoms with Crippen LogP contribution in [0.1, 0.15) is 19.5 Å². The van der Waals surface area contributed by atoms with Crippen molar-refractivity contribution >= 4 is 23.5 Å². The predicted octanol–water partition coefficient (Wildman–Crippen LogP) is 1.36.